The van der Waals surface area contributed by atoms with Crippen LogP contribution in [0.25, 0.3) is 11.5 Å². The Balaban J connectivity index is 1.31. The molecule has 0 bridgehead atoms. The van der Waals surface area contributed by atoms with Crippen molar-refractivity contribution >= 4 is 5.96 Å². The monoisotopic (exact) mass is 448 g/mol. The van der Waals surface area contributed by atoms with Gasteiger partial charge in [-0.15, -0.1) is 0 Å². The van der Waals surface area contributed by atoms with E-state index >= 15 is 0 Å². The van der Waals surface area contributed by atoms with Gasteiger partial charge in [0.1, 0.15) is 6.26 Å². The molecule has 0 amide bonds. The summed E-state index contributed by atoms with van der Waals surface area (Å²) in [6.07, 6.45) is 3.92. The number of hydrogen-bond acceptors (Lipinski definition) is 5. The van der Waals surface area contributed by atoms with Gasteiger partial charge in [-0.1, -0.05) is 42.5 Å². The molecule has 174 valence electrons. The number of hydrogen-bond donors (Lipinski definition) is 2. The molecular weight excluding hydrogens is 416 g/mol. The van der Waals surface area contributed by atoms with Crippen LogP contribution in [0.1, 0.15) is 36.6 Å². The molecule has 33 heavy (non-hydrogen) atoms. The van der Waals surface area contributed by atoms with Gasteiger partial charge in [-0.25, -0.2) is 9.98 Å². The van der Waals surface area contributed by atoms with E-state index in [4.69, 9.17) is 18.9 Å². The molecule has 4 rings (SSSR count). The third-order valence-corrected chi connectivity index (χ3v) is 5.42. The Morgan fingerprint density at radius 2 is 1.88 bits per heavy atom. The SMILES string of the molecule is CCNC(=NCc1cccc(COC2CCOCC2)c1)NCc1coc(-c2ccccc2)n1. The number of oxazole rings is 1. The predicted molar refractivity (Wildman–Crippen MR) is 129 cm³/mol. The number of nitrogens with zero attached hydrogens (tertiary/aromatic N) is 2. The Hall–Kier alpha value is -3.16. The van der Waals surface area contributed by atoms with Gasteiger partial charge in [0.25, 0.3) is 0 Å². The van der Waals surface area contributed by atoms with E-state index in [9.17, 15) is 0 Å². The minimum atomic E-state index is 0.295. The fourth-order valence-corrected chi connectivity index (χ4v) is 3.66. The summed E-state index contributed by atoms with van der Waals surface area (Å²) >= 11 is 0. The van der Waals surface area contributed by atoms with Crippen LogP contribution in [-0.4, -0.2) is 36.8 Å². The first-order chi connectivity index (χ1) is 16.3. The van der Waals surface area contributed by atoms with Crippen LogP contribution in [0.2, 0.25) is 0 Å². The summed E-state index contributed by atoms with van der Waals surface area (Å²) in [6, 6.07) is 18.3. The number of rotatable bonds is 9. The van der Waals surface area contributed by atoms with Crippen LogP contribution in [0.5, 0.6) is 0 Å². The van der Waals surface area contributed by atoms with Crippen LogP contribution in [0.15, 0.2) is 70.3 Å². The highest BCUT2D eigenvalue weighted by molar-refractivity contribution is 5.79. The van der Waals surface area contributed by atoms with Crippen molar-refractivity contribution in [2.75, 3.05) is 19.8 Å². The Kier molecular flexibility index (Phi) is 8.49. The lowest BCUT2D eigenvalue weighted by Gasteiger charge is -2.22. The van der Waals surface area contributed by atoms with Gasteiger partial charge in [-0.3, -0.25) is 0 Å². The molecule has 1 aliphatic rings. The third-order valence-electron chi connectivity index (χ3n) is 5.42. The molecule has 7 nitrogen and oxygen atoms in total. The zero-order valence-electron chi connectivity index (χ0n) is 19.1. The Morgan fingerprint density at radius 3 is 2.70 bits per heavy atom. The first-order valence-electron chi connectivity index (χ1n) is 11.6. The molecule has 1 aliphatic heterocycles. The molecule has 3 aromatic rings. The highest BCUT2D eigenvalue weighted by Gasteiger charge is 2.14. The van der Waals surface area contributed by atoms with E-state index < -0.39 is 0 Å². The first kappa shape index (κ1) is 23.0. The van der Waals surface area contributed by atoms with Crippen molar-refractivity contribution in [3.63, 3.8) is 0 Å². The lowest BCUT2D eigenvalue weighted by Crippen LogP contribution is -2.36. The first-order valence-corrected chi connectivity index (χ1v) is 11.6. The second-order valence-electron chi connectivity index (χ2n) is 8.00. The van der Waals surface area contributed by atoms with E-state index in [1.807, 2.05) is 30.3 Å². The summed E-state index contributed by atoms with van der Waals surface area (Å²) in [7, 11) is 0. The van der Waals surface area contributed by atoms with Crippen LogP contribution >= 0.6 is 0 Å². The second kappa shape index (κ2) is 12.2. The average Bonchev–Trinajstić information content (AvgIpc) is 3.35. The molecule has 2 N–H and O–H groups in total. The molecular formula is C26H32N4O3. The molecule has 1 fully saturated rings. The number of aliphatic imine (C=N–C) groups is 1. The van der Waals surface area contributed by atoms with Crippen molar-refractivity contribution in [3.8, 4) is 11.5 Å². The number of aromatic nitrogens is 1. The van der Waals surface area contributed by atoms with E-state index in [2.05, 4.69) is 46.8 Å². The van der Waals surface area contributed by atoms with Crippen molar-refractivity contribution < 1.29 is 13.9 Å². The zero-order valence-corrected chi connectivity index (χ0v) is 19.1. The lowest BCUT2D eigenvalue weighted by atomic mass is 10.1. The molecule has 0 spiro atoms. The van der Waals surface area contributed by atoms with E-state index in [0.29, 0.717) is 31.7 Å². The molecule has 0 aliphatic carbocycles. The average molecular weight is 449 g/mol. The normalized spacial score (nSPS) is 14.9. The van der Waals surface area contributed by atoms with Crippen molar-refractivity contribution in [1.29, 1.82) is 0 Å². The van der Waals surface area contributed by atoms with Crippen molar-refractivity contribution in [3.05, 3.63) is 77.7 Å². The standard InChI is InChI=1S/C26H32N4O3/c1-2-27-26(29-17-23-19-33-25(30-23)22-9-4-3-5-10-22)28-16-20-7-6-8-21(15-20)18-32-24-11-13-31-14-12-24/h3-10,15,19,24H,2,11-14,16-18H2,1H3,(H2,27,28,29). The quantitative estimate of drug-likeness (QED) is 0.375. The highest BCUT2D eigenvalue weighted by atomic mass is 16.5. The maximum Gasteiger partial charge on any atom is 0.226 e. The summed E-state index contributed by atoms with van der Waals surface area (Å²) in [4.78, 5) is 9.30. The summed E-state index contributed by atoms with van der Waals surface area (Å²) in [5, 5.41) is 6.62. The molecule has 1 aromatic heterocycles. The summed E-state index contributed by atoms with van der Waals surface area (Å²) in [5.41, 5.74) is 4.10. The Bertz CT molecular complexity index is 1010. The van der Waals surface area contributed by atoms with E-state index in [1.165, 1.54) is 5.56 Å². The molecule has 2 heterocycles. The molecule has 0 atom stereocenters. The third kappa shape index (κ3) is 7.17. The minimum Gasteiger partial charge on any atom is -0.444 e. The van der Waals surface area contributed by atoms with Gasteiger partial charge in [0.2, 0.25) is 5.89 Å². The van der Waals surface area contributed by atoms with Gasteiger partial charge in [0.15, 0.2) is 5.96 Å². The fourth-order valence-electron chi connectivity index (χ4n) is 3.66. The van der Waals surface area contributed by atoms with Crippen molar-refractivity contribution in [2.24, 2.45) is 4.99 Å². The lowest BCUT2D eigenvalue weighted by molar-refractivity contribution is -0.0390. The van der Waals surface area contributed by atoms with Gasteiger partial charge in [0.05, 0.1) is 31.5 Å². The topological polar surface area (TPSA) is 80.9 Å². The van der Waals surface area contributed by atoms with Crippen molar-refractivity contribution in [2.45, 2.75) is 45.6 Å². The summed E-state index contributed by atoms with van der Waals surface area (Å²) in [5.74, 6) is 1.36. The van der Waals surface area contributed by atoms with Gasteiger partial charge < -0.3 is 24.5 Å². The Labute approximate surface area is 195 Å². The van der Waals surface area contributed by atoms with Crippen LogP contribution in [0.4, 0.5) is 0 Å². The van der Waals surface area contributed by atoms with Gasteiger partial charge in [-0.2, -0.15) is 0 Å². The molecule has 0 radical (unpaired) electrons. The minimum absolute atomic E-state index is 0.295. The number of ether oxygens (including phenoxy) is 2. The van der Waals surface area contributed by atoms with Gasteiger partial charge in [0, 0.05) is 25.3 Å². The van der Waals surface area contributed by atoms with Crippen LogP contribution in [0, 0.1) is 0 Å². The Morgan fingerprint density at radius 1 is 1.06 bits per heavy atom. The number of benzene rings is 2. The van der Waals surface area contributed by atoms with Crippen LogP contribution in [-0.2, 0) is 29.2 Å². The smallest absolute Gasteiger partial charge is 0.226 e. The highest BCUT2D eigenvalue weighted by Crippen LogP contribution is 2.18. The molecule has 0 unspecified atom stereocenters. The summed E-state index contributed by atoms with van der Waals surface area (Å²) in [6.45, 7) is 6.14. The zero-order chi connectivity index (χ0) is 22.7. The second-order valence-corrected chi connectivity index (χ2v) is 8.00. The summed E-state index contributed by atoms with van der Waals surface area (Å²) < 4.78 is 17.1. The predicted octanol–water partition coefficient (Wildman–Crippen LogP) is 4.29. The van der Waals surface area contributed by atoms with E-state index in [1.54, 1.807) is 6.26 Å². The van der Waals surface area contributed by atoms with E-state index in [-0.39, 0.29) is 0 Å². The van der Waals surface area contributed by atoms with Gasteiger partial charge in [-0.05, 0) is 43.0 Å². The number of nitrogens with one attached hydrogen (secondary N) is 2. The fraction of sp³-hybridized carbons (Fsp3) is 0.385. The van der Waals surface area contributed by atoms with Gasteiger partial charge >= 0.3 is 0 Å². The number of guanidine groups is 1. The largest absolute Gasteiger partial charge is 0.444 e. The molecule has 0 saturated carbocycles. The van der Waals surface area contributed by atoms with Crippen LogP contribution in [0.3, 0.4) is 0 Å². The van der Waals surface area contributed by atoms with E-state index in [0.717, 1.165) is 55.4 Å². The molecule has 1 saturated heterocycles. The molecule has 2 aromatic carbocycles. The molecule has 7 heteroatoms. The van der Waals surface area contributed by atoms with Crippen LogP contribution < -0.4 is 10.6 Å². The van der Waals surface area contributed by atoms with Crippen molar-refractivity contribution in [1.82, 2.24) is 15.6 Å². The maximum atomic E-state index is 6.05. The maximum absolute atomic E-state index is 6.05.